The van der Waals surface area contributed by atoms with Crippen LogP contribution in [0.4, 0.5) is 0 Å². The van der Waals surface area contributed by atoms with Gasteiger partial charge in [-0.1, -0.05) is 5.21 Å². The van der Waals surface area contributed by atoms with Gasteiger partial charge < -0.3 is 9.47 Å². The number of carbonyl (C=O) groups is 1. The number of aromatic nitrogens is 3. The van der Waals surface area contributed by atoms with Gasteiger partial charge in [-0.25, -0.2) is 4.68 Å². The van der Waals surface area contributed by atoms with Crippen molar-refractivity contribution in [2.45, 2.75) is 13.5 Å². The van der Waals surface area contributed by atoms with Crippen LogP contribution in [0.2, 0.25) is 0 Å². The summed E-state index contributed by atoms with van der Waals surface area (Å²) < 4.78 is 11.4. The number of nitrogens with zero attached hydrogens (tertiary/aromatic N) is 3. The Labute approximate surface area is 110 Å². The van der Waals surface area contributed by atoms with E-state index in [9.17, 15) is 4.79 Å². The van der Waals surface area contributed by atoms with Gasteiger partial charge in [-0.3, -0.25) is 4.79 Å². The summed E-state index contributed by atoms with van der Waals surface area (Å²) >= 11 is 0. The molecule has 0 saturated heterocycles. The number of hydrogen-bond acceptors (Lipinski definition) is 5. The van der Waals surface area contributed by atoms with Crippen LogP contribution in [0, 0.1) is 0 Å². The van der Waals surface area contributed by atoms with Crippen LogP contribution in [0.25, 0.3) is 11.3 Å². The molecular formula is C13H15N3O3. The molecule has 1 aromatic carbocycles. The van der Waals surface area contributed by atoms with E-state index in [4.69, 9.17) is 9.47 Å². The molecule has 2 rings (SSSR count). The summed E-state index contributed by atoms with van der Waals surface area (Å²) in [7, 11) is 1.62. The minimum atomic E-state index is -0.325. The van der Waals surface area contributed by atoms with Crippen LogP contribution in [-0.4, -0.2) is 34.7 Å². The number of esters is 1. The van der Waals surface area contributed by atoms with Gasteiger partial charge in [0.1, 0.15) is 18.0 Å². The average molecular weight is 261 g/mol. The van der Waals surface area contributed by atoms with E-state index in [-0.39, 0.29) is 12.5 Å². The lowest BCUT2D eigenvalue weighted by Crippen LogP contribution is -2.13. The first kappa shape index (κ1) is 13.1. The van der Waals surface area contributed by atoms with Crippen molar-refractivity contribution in [3.63, 3.8) is 0 Å². The number of methoxy groups -OCH3 is 1. The lowest BCUT2D eigenvalue weighted by molar-refractivity contribution is -0.144. The van der Waals surface area contributed by atoms with Crippen LogP contribution >= 0.6 is 0 Å². The zero-order chi connectivity index (χ0) is 13.7. The molecule has 100 valence electrons. The first-order valence-corrected chi connectivity index (χ1v) is 5.93. The number of carbonyl (C=O) groups excluding carboxylic acids is 1. The van der Waals surface area contributed by atoms with E-state index in [0.717, 1.165) is 11.3 Å². The van der Waals surface area contributed by atoms with E-state index in [1.165, 1.54) is 4.68 Å². The Morgan fingerprint density at radius 2 is 2.05 bits per heavy atom. The lowest BCUT2D eigenvalue weighted by atomic mass is 10.2. The van der Waals surface area contributed by atoms with Crippen LogP contribution < -0.4 is 4.74 Å². The summed E-state index contributed by atoms with van der Waals surface area (Å²) in [6.07, 6.45) is 1.71. The quantitative estimate of drug-likeness (QED) is 0.763. The van der Waals surface area contributed by atoms with Gasteiger partial charge in [0.2, 0.25) is 0 Å². The van der Waals surface area contributed by atoms with Gasteiger partial charge in [0, 0.05) is 5.56 Å². The minimum absolute atomic E-state index is 0.0665. The van der Waals surface area contributed by atoms with Gasteiger partial charge >= 0.3 is 5.97 Å². The van der Waals surface area contributed by atoms with Crippen LogP contribution in [0.1, 0.15) is 6.92 Å². The molecule has 0 amide bonds. The van der Waals surface area contributed by atoms with Gasteiger partial charge in [-0.05, 0) is 31.2 Å². The first-order chi connectivity index (χ1) is 9.22. The lowest BCUT2D eigenvalue weighted by Gasteiger charge is -2.00. The molecule has 0 unspecified atom stereocenters. The molecule has 19 heavy (non-hydrogen) atoms. The highest BCUT2D eigenvalue weighted by Gasteiger charge is 2.08. The van der Waals surface area contributed by atoms with Crippen molar-refractivity contribution in [3.8, 4) is 17.0 Å². The van der Waals surface area contributed by atoms with Crippen LogP contribution in [0.3, 0.4) is 0 Å². The fourth-order valence-corrected chi connectivity index (χ4v) is 1.61. The Hall–Kier alpha value is -2.37. The van der Waals surface area contributed by atoms with E-state index >= 15 is 0 Å². The number of benzene rings is 1. The third kappa shape index (κ3) is 3.31. The molecule has 2 aromatic rings. The Balaban J connectivity index is 2.09. The molecule has 6 heteroatoms. The summed E-state index contributed by atoms with van der Waals surface area (Å²) in [5, 5.41) is 7.91. The highest BCUT2D eigenvalue weighted by atomic mass is 16.5. The first-order valence-electron chi connectivity index (χ1n) is 5.93. The van der Waals surface area contributed by atoms with Crippen molar-refractivity contribution < 1.29 is 14.3 Å². The normalized spacial score (nSPS) is 10.2. The average Bonchev–Trinajstić information content (AvgIpc) is 2.87. The SMILES string of the molecule is CCOC(=O)Cn1cc(-c2ccc(OC)cc2)nn1. The van der Waals surface area contributed by atoms with Crippen LogP contribution in [0.15, 0.2) is 30.5 Å². The van der Waals surface area contributed by atoms with Crippen molar-refractivity contribution in [3.05, 3.63) is 30.5 Å². The molecular weight excluding hydrogens is 246 g/mol. The molecule has 0 N–H and O–H groups in total. The fourth-order valence-electron chi connectivity index (χ4n) is 1.61. The maximum Gasteiger partial charge on any atom is 0.327 e. The maximum absolute atomic E-state index is 11.3. The van der Waals surface area contributed by atoms with Crippen LogP contribution in [-0.2, 0) is 16.1 Å². The second-order valence-corrected chi connectivity index (χ2v) is 3.83. The topological polar surface area (TPSA) is 66.2 Å². The molecule has 0 aliphatic rings. The predicted octanol–water partition coefficient (Wildman–Crippen LogP) is 1.52. The van der Waals surface area contributed by atoms with Crippen molar-refractivity contribution in [2.24, 2.45) is 0 Å². The second-order valence-electron chi connectivity index (χ2n) is 3.83. The summed E-state index contributed by atoms with van der Waals surface area (Å²) in [5.74, 6) is 0.455. The number of rotatable bonds is 5. The summed E-state index contributed by atoms with van der Waals surface area (Å²) in [4.78, 5) is 11.3. The Morgan fingerprint density at radius 1 is 1.32 bits per heavy atom. The van der Waals surface area contributed by atoms with Gasteiger partial charge in [0.15, 0.2) is 0 Å². The fraction of sp³-hybridized carbons (Fsp3) is 0.308. The number of hydrogen-bond donors (Lipinski definition) is 0. The molecule has 6 nitrogen and oxygen atoms in total. The monoisotopic (exact) mass is 261 g/mol. The number of ether oxygens (including phenoxy) is 2. The van der Waals surface area contributed by atoms with Crippen molar-refractivity contribution in [2.75, 3.05) is 13.7 Å². The molecule has 1 aromatic heterocycles. The van der Waals surface area contributed by atoms with E-state index in [1.54, 1.807) is 20.2 Å². The Kier molecular flexibility index (Phi) is 4.12. The third-order valence-corrected chi connectivity index (χ3v) is 2.52. The second kappa shape index (κ2) is 5.99. The molecule has 0 saturated carbocycles. The molecule has 1 heterocycles. The Morgan fingerprint density at radius 3 is 2.68 bits per heavy atom. The van der Waals surface area contributed by atoms with E-state index in [0.29, 0.717) is 12.3 Å². The molecule has 0 radical (unpaired) electrons. The zero-order valence-electron chi connectivity index (χ0n) is 10.9. The van der Waals surface area contributed by atoms with Crippen LogP contribution in [0.5, 0.6) is 5.75 Å². The van der Waals surface area contributed by atoms with Crippen molar-refractivity contribution in [1.29, 1.82) is 0 Å². The van der Waals surface area contributed by atoms with E-state index < -0.39 is 0 Å². The molecule has 0 fully saturated rings. The molecule has 0 atom stereocenters. The van der Waals surface area contributed by atoms with E-state index in [1.807, 2.05) is 24.3 Å². The van der Waals surface area contributed by atoms with Gasteiger partial charge in [-0.2, -0.15) is 0 Å². The minimum Gasteiger partial charge on any atom is -0.497 e. The summed E-state index contributed by atoms with van der Waals surface area (Å²) in [6, 6.07) is 7.47. The highest BCUT2D eigenvalue weighted by molar-refractivity contribution is 5.69. The van der Waals surface area contributed by atoms with E-state index in [2.05, 4.69) is 10.3 Å². The summed E-state index contributed by atoms with van der Waals surface area (Å²) in [6.45, 7) is 2.19. The molecule has 0 aliphatic heterocycles. The molecule has 0 aliphatic carbocycles. The Bertz CT molecular complexity index is 549. The maximum atomic E-state index is 11.3. The third-order valence-electron chi connectivity index (χ3n) is 2.52. The smallest absolute Gasteiger partial charge is 0.327 e. The zero-order valence-corrected chi connectivity index (χ0v) is 10.9. The summed E-state index contributed by atoms with van der Waals surface area (Å²) in [5.41, 5.74) is 1.61. The van der Waals surface area contributed by atoms with Crippen molar-refractivity contribution >= 4 is 5.97 Å². The predicted molar refractivity (Wildman–Crippen MR) is 68.6 cm³/mol. The van der Waals surface area contributed by atoms with Crippen molar-refractivity contribution in [1.82, 2.24) is 15.0 Å². The highest BCUT2D eigenvalue weighted by Crippen LogP contribution is 2.19. The van der Waals surface area contributed by atoms with Gasteiger partial charge in [-0.15, -0.1) is 5.10 Å². The molecule has 0 bridgehead atoms. The molecule has 0 spiro atoms. The van der Waals surface area contributed by atoms with Gasteiger partial charge in [0.25, 0.3) is 0 Å². The van der Waals surface area contributed by atoms with Gasteiger partial charge in [0.05, 0.1) is 19.9 Å². The standard InChI is InChI=1S/C13H15N3O3/c1-3-19-13(17)9-16-8-12(14-15-16)10-4-6-11(18-2)7-5-10/h4-8H,3,9H2,1-2H3. The largest absolute Gasteiger partial charge is 0.497 e.